The Morgan fingerprint density at radius 3 is 2.46 bits per heavy atom. The summed E-state index contributed by atoms with van der Waals surface area (Å²) >= 11 is 0. The van der Waals surface area contributed by atoms with Gasteiger partial charge in [-0.15, -0.1) is 0 Å². The first-order valence-electron chi connectivity index (χ1n) is 8.06. The van der Waals surface area contributed by atoms with Crippen LogP contribution >= 0.6 is 0 Å². The maximum Gasteiger partial charge on any atom is 0.244 e. The summed E-state index contributed by atoms with van der Waals surface area (Å²) in [5, 5.41) is 0. The average Bonchev–Trinajstić information content (AvgIpc) is 2.62. The molecule has 0 aliphatic heterocycles. The van der Waals surface area contributed by atoms with Crippen molar-refractivity contribution >= 4 is 10.0 Å². The van der Waals surface area contributed by atoms with Crippen molar-refractivity contribution in [3.05, 3.63) is 30.2 Å². The number of nitrogens with two attached hydrogens (primary N) is 1. The molecule has 0 radical (unpaired) electrons. The second-order valence-corrected chi connectivity index (χ2v) is 6.53. The lowest BCUT2D eigenvalue weighted by Crippen LogP contribution is -2.31. The largest absolute Gasteiger partial charge is 0.473 e. The number of rotatable bonds is 9. The Balaban J connectivity index is 0.00000254. The van der Waals surface area contributed by atoms with Gasteiger partial charge in [0.25, 0.3) is 0 Å². The van der Waals surface area contributed by atoms with Crippen LogP contribution in [0.4, 0.5) is 4.39 Å². The molecular formula is C16H28FN3O3S. The molecule has 24 heavy (non-hydrogen) atoms. The number of nitrogens with zero attached hydrogens (tertiary/aromatic N) is 2. The van der Waals surface area contributed by atoms with Gasteiger partial charge in [-0.05, 0) is 12.5 Å². The summed E-state index contributed by atoms with van der Waals surface area (Å²) in [6.07, 6.45) is 2.37. The van der Waals surface area contributed by atoms with E-state index >= 15 is 0 Å². The Labute approximate surface area is 144 Å². The lowest BCUT2D eigenvalue weighted by molar-refractivity contribution is 0.333. The van der Waals surface area contributed by atoms with Crippen molar-refractivity contribution < 1.29 is 17.5 Å². The van der Waals surface area contributed by atoms with Crippen LogP contribution in [0.25, 0.3) is 0 Å². The number of ether oxygens (including phenoxy) is 1. The first-order valence-corrected chi connectivity index (χ1v) is 9.50. The van der Waals surface area contributed by atoms with Crippen LogP contribution in [0, 0.1) is 0 Å². The van der Waals surface area contributed by atoms with Gasteiger partial charge in [0.15, 0.2) is 0 Å². The molecule has 0 atom stereocenters. The quantitative estimate of drug-likeness (QED) is 0.731. The van der Waals surface area contributed by atoms with Gasteiger partial charge >= 0.3 is 0 Å². The molecule has 0 saturated heterocycles. The normalized spacial score (nSPS) is 11.9. The first kappa shape index (κ1) is 22.5. The van der Waals surface area contributed by atoms with Crippen LogP contribution in [0.2, 0.25) is 0 Å². The zero-order chi connectivity index (χ0) is 18.6. The predicted octanol–water partition coefficient (Wildman–Crippen LogP) is 2.72. The second-order valence-electron chi connectivity index (χ2n) is 4.59. The maximum absolute atomic E-state index is 12.4. The van der Waals surface area contributed by atoms with Crippen molar-refractivity contribution in [2.45, 2.75) is 39.0 Å². The van der Waals surface area contributed by atoms with Gasteiger partial charge in [0, 0.05) is 31.3 Å². The molecule has 0 saturated carbocycles. The lowest BCUT2D eigenvalue weighted by Gasteiger charge is -2.19. The number of hydrogen-bond acceptors (Lipinski definition) is 5. The van der Waals surface area contributed by atoms with Crippen molar-refractivity contribution in [3.63, 3.8) is 0 Å². The molecular weight excluding hydrogens is 333 g/mol. The van der Waals surface area contributed by atoms with Gasteiger partial charge < -0.3 is 10.5 Å². The van der Waals surface area contributed by atoms with E-state index in [2.05, 4.69) is 4.98 Å². The molecule has 0 spiro atoms. The summed E-state index contributed by atoms with van der Waals surface area (Å²) in [6.45, 7) is 8.58. The van der Waals surface area contributed by atoms with Gasteiger partial charge in [-0.2, -0.15) is 4.31 Å². The molecule has 138 valence electrons. The lowest BCUT2D eigenvalue weighted by atomic mass is 10.3. The molecule has 0 bridgehead atoms. The third kappa shape index (κ3) is 6.54. The fourth-order valence-corrected chi connectivity index (χ4v) is 3.24. The van der Waals surface area contributed by atoms with Crippen molar-refractivity contribution in [2.75, 3.05) is 26.2 Å². The van der Waals surface area contributed by atoms with E-state index in [1.165, 1.54) is 22.6 Å². The Hall–Kier alpha value is -1.51. The molecule has 1 aromatic rings. The summed E-state index contributed by atoms with van der Waals surface area (Å²) in [4.78, 5) is 4.05. The minimum atomic E-state index is -3.55. The molecule has 1 aromatic heterocycles. The third-order valence-electron chi connectivity index (χ3n) is 2.99. The minimum Gasteiger partial charge on any atom is -0.473 e. The number of halogens is 1. The van der Waals surface area contributed by atoms with E-state index in [4.69, 9.17) is 10.5 Å². The summed E-state index contributed by atoms with van der Waals surface area (Å²) < 4.78 is 43.8. The highest BCUT2D eigenvalue weighted by atomic mass is 32.2. The van der Waals surface area contributed by atoms with E-state index in [9.17, 15) is 12.8 Å². The van der Waals surface area contributed by atoms with Gasteiger partial charge in [-0.25, -0.2) is 17.8 Å². The Kier molecular flexibility index (Phi) is 11.2. The van der Waals surface area contributed by atoms with E-state index in [1.54, 1.807) is 6.92 Å². The molecule has 0 fully saturated rings. The maximum atomic E-state index is 12.4. The van der Waals surface area contributed by atoms with E-state index in [0.717, 1.165) is 6.42 Å². The molecule has 6 nitrogen and oxygen atoms in total. The zero-order valence-corrected chi connectivity index (χ0v) is 15.6. The summed E-state index contributed by atoms with van der Waals surface area (Å²) in [6, 6.07) is 2.87. The van der Waals surface area contributed by atoms with Crippen LogP contribution in [-0.4, -0.2) is 43.9 Å². The van der Waals surface area contributed by atoms with Crippen LogP contribution in [0.1, 0.15) is 34.1 Å². The summed E-state index contributed by atoms with van der Waals surface area (Å²) in [7, 11) is -3.55. The molecule has 0 amide bonds. The summed E-state index contributed by atoms with van der Waals surface area (Å²) in [5.74, 6) is 0.213. The van der Waals surface area contributed by atoms with Crippen LogP contribution in [-0.2, 0) is 10.0 Å². The van der Waals surface area contributed by atoms with Gasteiger partial charge in [-0.1, -0.05) is 27.7 Å². The number of hydrogen-bond donors (Lipinski definition) is 1. The standard InChI is InChI=1S/C14H22FN3O3S.C2H6/c1-3-7-18(4-2)22(19,20)13-5-6-14(17-10-13)21-11-12(8-15)9-16;1-2/h5-6,8,10H,3-4,7,9,11,16H2,1-2H3;1-2H3/b12-8+;. The SMILES string of the molecule is CC.CCCN(CC)S(=O)(=O)c1ccc(OC/C(=C/F)CN)nc1. The Morgan fingerprint density at radius 2 is 2.04 bits per heavy atom. The zero-order valence-electron chi connectivity index (χ0n) is 14.8. The van der Waals surface area contributed by atoms with E-state index in [0.29, 0.717) is 25.0 Å². The molecule has 0 aliphatic rings. The van der Waals surface area contributed by atoms with Crippen LogP contribution in [0.5, 0.6) is 5.88 Å². The van der Waals surface area contributed by atoms with Crippen molar-refractivity contribution in [1.82, 2.24) is 9.29 Å². The molecule has 0 unspecified atom stereocenters. The van der Waals surface area contributed by atoms with Crippen molar-refractivity contribution in [1.29, 1.82) is 0 Å². The number of sulfonamides is 1. The minimum absolute atomic E-state index is 0.0248. The third-order valence-corrected chi connectivity index (χ3v) is 4.95. The van der Waals surface area contributed by atoms with E-state index in [-0.39, 0.29) is 23.9 Å². The van der Waals surface area contributed by atoms with Crippen molar-refractivity contribution in [3.8, 4) is 5.88 Å². The molecule has 1 rings (SSSR count). The molecule has 1 heterocycles. The number of aromatic nitrogens is 1. The second kappa shape index (κ2) is 11.9. The Morgan fingerprint density at radius 1 is 1.38 bits per heavy atom. The summed E-state index contributed by atoms with van der Waals surface area (Å²) in [5.41, 5.74) is 5.60. The number of pyridine rings is 1. The smallest absolute Gasteiger partial charge is 0.244 e. The van der Waals surface area contributed by atoms with E-state index in [1.807, 2.05) is 20.8 Å². The van der Waals surface area contributed by atoms with Gasteiger partial charge in [-0.3, -0.25) is 0 Å². The van der Waals surface area contributed by atoms with Crippen LogP contribution < -0.4 is 10.5 Å². The van der Waals surface area contributed by atoms with Crippen LogP contribution in [0.3, 0.4) is 0 Å². The highest BCUT2D eigenvalue weighted by Crippen LogP contribution is 2.17. The molecule has 2 N–H and O–H groups in total. The molecule has 8 heteroatoms. The highest BCUT2D eigenvalue weighted by molar-refractivity contribution is 7.89. The highest BCUT2D eigenvalue weighted by Gasteiger charge is 2.22. The topological polar surface area (TPSA) is 85.5 Å². The van der Waals surface area contributed by atoms with Gasteiger partial charge in [0.05, 0.1) is 12.5 Å². The fraction of sp³-hybridized carbons (Fsp3) is 0.562. The average molecular weight is 361 g/mol. The van der Waals surface area contributed by atoms with E-state index < -0.39 is 10.0 Å². The van der Waals surface area contributed by atoms with Gasteiger partial charge in [0.1, 0.15) is 11.5 Å². The van der Waals surface area contributed by atoms with Gasteiger partial charge in [0.2, 0.25) is 15.9 Å². The monoisotopic (exact) mass is 361 g/mol. The molecule has 0 aromatic carbocycles. The van der Waals surface area contributed by atoms with Crippen LogP contribution in [0.15, 0.2) is 35.1 Å². The molecule has 0 aliphatic carbocycles. The fourth-order valence-electron chi connectivity index (χ4n) is 1.75. The van der Waals surface area contributed by atoms with Crippen molar-refractivity contribution in [2.24, 2.45) is 5.73 Å². The first-order chi connectivity index (χ1) is 11.5. The Bertz CT molecular complexity index is 589. The predicted molar refractivity (Wildman–Crippen MR) is 94.0 cm³/mol.